The summed E-state index contributed by atoms with van der Waals surface area (Å²) in [6, 6.07) is 11.5. The fourth-order valence-electron chi connectivity index (χ4n) is 3.07. The molecule has 0 aromatic heterocycles. The topological polar surface area (TPSA) is 15.3 Å². The third-order valence-corrected chi connectivity index (χ3v) is 4.20. The highest BCUT2D eigenvalue weighted by atomic mass is 15.1. The Kier molecular flexibility index (Phi) is 6.53. The minimum absolute atomic E-state index is 0.160. The monoisotopic (exact) mass is 262 g/mol. The van der Waals surface area contributed by atoms with E-state index in [1.54, 1.807) is 0 Å². The van der Waals surface area contributed by atoms with E-state index in [2.05, 4.69) is 68.4 Å². The summed E-state index contributed by atoms with van der Waals surface area (Å²) in [7, 11) is 4.30. The van der Waals surface area contributed by atoms with Crippen molar-refractivity contribution in [1.82, 2.24) is 10.2 Å². The zero-order valence-corrected chi connectivity index (χ0v) is 13.2. The lowest BCUT2D eigenvalue weighted by Gasteiger charge is -2.37. The number of benzene rings is 1. The van der Waals surface area contributed by atoms with Crippen LogP contribution in [0.25, 0.3) is 0 Å². The normalized spacial score (nSPS) is 14.9. The van der Waals surface area contributed by atoms with Crippen LogP contribution in [0, 0.1) is 0 Å². The van der Waals surface area contributed by atoms with Crippen LogP contribution in [0.4, 0.5) is 0 Å². The first-order valence-electron chi connectivity index (χ1n) is 7.47. The molecule has 1 N–H and O–H groups in total. The molecule has 0 aliphatic rings. The lowest BCUT2D eigenvalue weighted by molar-refractivity contribution is 0.182. The number of hydrogen-bond donors (Lipinski definition) is 1. The average Bonchev–Trinajstić information content (AvgIpc) is 2.41. The van der Waals surface area contributed by atoms with Crippen LogP contribution in [0.15, 0.2) is 30.3 Å². The second kappa shape index (κ2) is 7.66. The molecule has 0 saturated carbocycles. The molecule has 0 amide bonds. The van der Waals surface area contributed by atoms with Gasteiger partial charge < -0.3 is 10.2 Å². The van der Waals surface area contributed by atoms with Crippen molar-refractivity contribution in [3.05, 3.63) is 35.9 Å². The number of likely N-dealkylation sites (N-methyl/N-ethyl adjacent to an activating group) is 2. The third kappa shape index (κ3) is 4.32. The van der Waals surface area contributed by atoms with Gasteiger partial charge in [-0.3, -0.25) is 0 Å². The first-order valence-corrected chi connectivity index (χ1v) is 7.47. The summed E-state index contributed by atoms with van der Waals surface area (Å²) >= 11 is 0. The van der Waals surface area contributed by atoms with Gasteiger partial charge in [0.05, 0.1) is 0 Å². The summed E-state index contributed by atoms with van der Waals surface area (Å²) in [5, 5.41) is 3.36. The highest BCUT2D eigenvalue weighted by molar-refractivity contribution is 5.25. The average molecular weight is 262 g/mol. The Morgan fingerprint density at radius 2 is 1.74 bits per heavy atom. The van der Waals surface area contributed by atoms with Crippen molar-refractivity contribution in [2.75, 3.05) is 27.2 Å². The van der Waals surface area contributed by atoms with Gasteiger partial charge in [0.2, 0.25) is 0 Å². The fraction of sp³-hybridized carbons (Fsp3) is 0.647. The van der Waals surface area contributed by atoms with Crippen molar-refractivity contribution < 1.29 is 0 Å². The highest BCUT2D eigenvalue weighted by Gasteiger charge is 2.29. The predicted octanol–water partition coefficient (Wildman–Crippen LogP) is 3.28. The van der Waals surface area contributed by atoms with Crippen LogP contribution in [-0.2, 0) is 5.41 Å². The van der Waals surface area contributed by atoms with E-state index in [0.29, 0.717) is 6.04 Å². The van der Waals surface area contributed by atoms with Crippen molar-refractivity contribution in [2.45, 2.75) is 45.1 Å². The van der Waals surface area contributed by atoms with Crippen molar-refractivity contribution in [3.63, 3.8) is 0 Å². The quantitative estimate of drug-likeness (QED) is 0.773. The molecular formula is C17H30N2. The SMILES string of the molecule is CCC(CC)N(C)CC(C)(CNC)c1ccccc1. The first-order chi connectivity index (χ1) is 9.07. The van der Waals surface area contributed by atoms with Crippen molar-refractivity contribution >= 4 is 0 Å². The van der Waals surface area contributed by atoms with Crippen LogP contribution in [-0.4, -0.2) is 38.1 Å². The first kappa shape index (κ1) is 16.2. The molecule has 1 unspecified atom stereocenters. The van der Waals surface area contributed by atoms with Gasteiger partial charge in [0, 0.05) is 24.5 Å². The largest absolute Gasteiger partial charge is 0.319 e. The molecule has 0 radical (unpaired) electrons. The Balaban J connectivity index is 2.88. The highest BCUT2D eigenvalue weighted by Crippen LogP contribution is 2.25. The van der Waals surface area contributed by atoms with Crippen LogP contribution >= 0.6 is 0 Å². The Hall–Kier alpha value is -0.860. The van der Waals surface area contributed by atoms with Gasteiger partial charge in [0.1, 0.15) is 0 Å². The van der Waals surface area contributed by atoms with E-state index in [1.807, 2.05) is 7.05 Å². The van der Waals surface area contributed by atoms with Gasteiger partial charge in [-0.15, -0.1) is 0 Å². The number of rotatable bonds is 8. The van der Waals surface area contributed by atoms with Crippen molar-refractivity contribution in [3.8, 4) is 0 Å². The van der Waals surface area contributed by atoms with Crippen LogP contribution < -0.4 is 5.32 Å². The standard InChI is InChI=1S/C17H30N2/c1-6-16(7-2)19(5)14-17(3,13-18-4)15-11-9-8-10-12-15/h8-12,16,18H,6-7,13-14H2,1-5H3. The van der Waals surface area contributed by atoms with Crippen LogP contribution in [0.2, 0.25) is 0 Å². The molecule has 19 heavy (non-hydrogen) atoms. The van der Waals surface area contributed by atoms with Gasteiger partial charge in [-0.2, -0.15) is 0 Å². The summed E-state index contributed by atoms with van der Waals surface area (Å²) in [6.45, 7) is 9.01. The third-order valence-electron chi connectivity index (χ3n) is 4.20. The fourth-order valence-corrected chi connectivity index (χ4v) is 3.07. The maximum absolute atomic E-state index is 3.36. The zero-order valence-electron chi connectivity index (χ0n) is 13.2. The van der Waals surface area contributed by atoms with Crippen molar-refractivity contribution in [2.24, 2.45) is 0 Å². The molecule has 1 atom stereocenters. The zero-order chi connectivity index (χ0) is 14.3. The lowest BCUT2D eigenvalue weighted by atomic mass is 9.81. The molecule has 1 aromatic rings. The minimum atomic E-state index is 0.160. The molecule has 2 nitrogen and oxygen atoms in total. The maximum Gasteiger partial charge on any atom is 0.0176 e. The second-order valence-corrected chi connectivity index (χ2v) is 5.84. The van der Waals surface area contributed by atoms with E-state index in [-0.39, 0.29) is 5.41 Å². The van der Waals surface area contributed by atoms with E-state index in [0.717, 1.165) is 13.1 Å². The lowest BCUT2D eigenvalue weighted by Crippen LogP contribution is -2.46. The van der Waals surface area contributed by atoms with E-state index in [9.17, 15) is 0 Å². The molecule has 1 aromatic carbocycles. The predicted molar refractivity (Wildman–Crippen MR) is 84.7 cm³/mol. The summed E-state index contributed by atoms with van der Waals surface area (Å²) in [5.74, 6) is 0. The van der Waals surface area contributed by atoms with Gasteiger partial charge in [0.25, 0.3) is 0 Å². The molecule has 108 valence electrons. The smallest absolute Gasteiger partial charge is 0.0176 e. The van der Waals surface area contributed by atoms with Gasteiger partial charge in [-0.1, -0.05) is 51.1 Å². The molecule has 1 rings (SSSR count). The molecule has 0 aliphatic carbocycles. The molecular weight excluding hydrogens is 232 g/mol. The number of nitrogens with zero attached hydrogens (tertiary/aromatic N) is 1. The number of nitrogens with one attached hydrogen (secondary N) is 1. The summed E-state index contributed by atoms with van der Waals surface area (Å²) in [6.07, 6.45) is 2.44. The van der Waals surface area contributed by atoms with Gasteiger partial charge in [0.15, 0.2) is 0 Å². The molecule has 2 heteroatoms. The Labute approximate surface area is 119 Å². The van der Waals surface area contributed by atoms with Gasteiger partial charge in [-0.05, 0) is 32.5 Å². The van der Waals surface area contributed by atoms with Crippen LogP contribution in [0.1, 0.15) is 39.2 Å². The van der Waals surface area contributed by atoms with Crippen molar-refractivity contribution in [1.29, 1.82) is 0 Å². The molecule has 0 heterocycles. The molecule has 0 spiro atoms. The summed E-state index contributed by atoms with van der Waals surface area (Å²) < 4.78 is 0. The summed E-state index contributed by atoms with van der Waals surface area (Å²) in [4.78, 5) is 2.52. The summed E-state index contributed by atoms with van der Waals surface area (Å²) in [5.41, 5.74) is 1.58. The van der Waals surface area contributed by atoms with Crippen LogP contribution in [0.3, 0.4) is 0 Å². The Bertz CT molecular complexity index is 346. The van der Waals surface area contributed by atoms with E-state index in [4.69, 9.17) is 0 Å². The second-order valence-electron chi connectivity index (χ2n) is 5.84. The number of hydrogen-bond acceptors (Lipinski definition) is 2. The minimum Gasteiger partial charge on any atom is -0.319 e. The maximum atomic E-state index is 3.36. The Morgan fingerprint density at radius 3 is 2.21 bits per heavy atom. The molecule has 0 aliphatic heterocycles. The van der Waals surface area contributed by atoms with Gasteiger partial charge >= 0.3 is 0 Å². The van der Waals surface area contributed by atoms with E-state index >= 15 is 0 Å². The molecule has 0 bridgehead atoms. The molecule has 0 saturated heterocycles. The molecule has 0 fully saturated rings. The van der Waals surface area contributed by atoms with Gasteiger partial charge in [-0.25, -0.2) is 0 Å². The van der Waals surface area contributed by atoms with E-state index in [1.165, 1.54) is 18.4 Å². The van der Waals surface area contributed by atoms with E-state index < -0.39 is 0 Å². The van der Waals surface area contributed by atoms with Crippen LogP contribution in [0.5, 0.6) is 0 Å². The Morgan fingerprint density at radius 1 is 1.16 bits per heavy atom.